The molecule has 0 fully saturated rings. The molecule has 1 N–H and O–H groups in total. The average Bonchev–Trinajstić information content (AvgIpc) is 2.33. The summed E-state index contributed by atoms with van der Waals surface area (Å²) < 4.78 is 9.70. The molecule has 0 aromatic rings. The van der Waals surface area contributed by atoms with Gasteiger partial charge >= 0.3 is 11.9 Å². The Labute approximate surface area is 125 Å². The van der Waals surface area contributed by atoms with Crippen molar-refractivity contribution in [1.29, 1.82) is 0 Å². The summed E-state index contributed by atoms with van der Waals surface area (Å²) in [6.45, 7) is 9.51. The predicted molar refractivity (Wildman–Crippen MR) is 78.4 cm³/mol. The monoisotopic (exact) mass is 299 g/mol. The first-order valence-electron chi connectivity index (χ1n) is 6.96. The molecule has 0 rings (SSSR count). The molecule has 0 aromatic heterocycles. The summed E-state index contributed by atoms with van der Waals surface area (Å²) in [6.07, 6.45) is 2.34. The number of hydrogen-bond acceptors (Lipinski definition) is 5. The smallest absolute Gasteiger partial charge is 0.331 e. The van der Waals surface area contributed by atoms with Crippen LogP contribution in [0.15, 0.2) is 12.2 Å². The third-order valence-electron chi connectivity index (χ3n) is 2.24. The van der Waals surface area contributed by atoms with Gasteiger partial charge in [-0.15, -0.1) is 0 Å². The van der Waals surface area contributed by atoms with E-state index in [0.29, 0.717) is 13.0 Å². The maximum absolute atomic E-state index is 11.5. The van der Waals surface area contributed by atoms with E-state index < -0.39 is 17.4 Å². The molecule has 0 unspecified atom stereocenters. The van der Waals surface area contributed by atoms with Gasteiger partial charge < -0.3 is 14.8 Å². The summed E-state index contributed by atoms with van der Waals surface area (Å²) in [5.74, 6) is -1.25. The van der Waals surface area contributed by atoms with E-state index >= 15 is 0 Å². The van der Waals surface area contributed by atoms with Crippen LogP contribution in [-0.4, -0.2) is 37.1 Å². The van der Waals surface area contributed by atoms with E-state index in [-0.39, 0.29) is 18.6 Å². The zero-order valence-corrected chi connectivity index (χ0v) is 13.4. The van der Waals surface area contributed by atoms with Crippen molar-refractivity contribution in [2.45, 2.75) is 47.1 Å². The van der Waals surface area contributed by atoms with Gasteiger partial charge in [0.25, 0.3) is 0 Å². The van der Waals surface area contributed by atoms with Crippen LogP contribution in [0.4, 0.5) is 0 Å². The molecule has 0 bridgehead atoms. The van der Waals surface area contributed by atoms with E-state index in [0.717, 1.165) is 12.2 Å². The fourth-order valence-corrected chi connectivity index (χ4v) is 1.17. The largest absolute Gasteiger partial charge is 0.462 e. The summed E-state index contributed by atoms with van der Waals surface area (Å²) in [6, 6.07) is 0. The normalized spacial score (nSPS) is 11.5. The number of esters is 2. The Morgan fingerprint density at radius 1 is 1.10 bits per heavy atom. The first kappa shape index (κ1) is 19.1. The van der Waals surface area contributed by atoms with Gasteiger partial charge in [-0.3, -0.25) is 4.79 Å². The van der Waals surface area contributed by atoms with Crippen LogP contribution in [0.3, 0.4) is 0 Å². The van der Waals surface area contributed by atoms with Crippen LogP contribution in [0.1, 0.15) is 41.0 Å². The molecule has 1 amide bonds. The quantitative estimate of drug-likeness (QED) is 0.438. The van der Waals surface area contributed by atoms with Crippen LogP contribution in [0, 0.1) is 5.41 Å². The minimum atomic E-state index is -0.613. The summed E-state index contributed by atoms with van der Waals surface area (Å²) in [5, 5.41) is 2.75. The minimum Gasteiger partial charge on any atom is -0.462 e. The van der Waals surface area contributed by atoms with Crippen LogP contribution in [0.2, 0.25) is 0 Å². The van der Waals surface area contributed by atoms with Crippen molar-refractivity contribution < 1.29 is 23.9 Å². The van der Waals surface area contributed by atoms with Crippen LogP contribution in [0.25, 0.3) is 0 Å². The van der Waals surface area contributed by atoms with E-state index in [4.69, 9.17) is 9.47 Å². The number of rotatable bonds is 7. The molecule has 0 saturated heterocycles. The summed E-state index contributed by atoms with van der Waals surface area (Å²) >= 11 is 0. The highest BCUT2D eigenvalue weighted by Crippen LogP contribution is 2.11. The minimum absolute atomic E-state index is 0.0508. The molecule has 6 heteroatoms. The summed E-state index contributed by atoms with van der Waals surface area (Å²) in [7, 11) is 0. The predicted octanol–water partition coefficient (Wildman–Crippen LogP) is 1.59. The molecule has 0 aromatic carbocycles. The van der Waals surface area contributed by atoms with Gasteiger partial charge in [-0.25, -0.2) is 9.59 Å². The van der Waals surface area contributed by atoms with Crippen LogP contribution in [-0.2, 0) is 23.9 Å². The third kappa shape index (κ3) is 10.6. The molecule has 0 spiro atoms. The average molecular weight is 299 g/mol. The number of ether oxygens (including phenoxy) is 2. The number of amides is 1. The standard InChI is InChI=1S/C15H25NO5/c1-11(2)21-13(18)8-7-12(17)20-10-6-9-16-14(19)15(3,4)5/h7-8,11H,6,9-10H2,1-5H3,(H,16,19)/b8-7+. The Hall–Kier alpha value is -1.85. The van der Waals surface area contributed by atoms with E-state index in [9.17, 15) is 14.4 Å². The van der Waals surface area contributed by atoms with E-state index in [1.54, 1.807) is 13.8 Å². The van der Waals surface area contributed by atoms with Gasteiger partial charge in [0.1, 0.15) is 0 Å². The second-order valence-electron chi connectivity index (χ2n) is 5.85. The number of nitrogens with one attached hydrogen (secondary N) is 1. The summed E-state index contributed by atoms with van der Waals surface area (Å²) in [4.78, 5) is 34.0. The fraction of sp³-hybridized carbons (Fsp3) is 0.667. The van der Waals surface area contributed by atoms with E-state index in [2.05, 4.69) is 5.32 Å². The van der Waals surface area contributed by atoms with E-state index in [1.165, 1.54) is 0 Å². The second-order valence-corrected chi connectivity index (χ2v) is 5.85. The van der Waals surface area contributed by atoms with Gasteiger partial charge in [0.2, 0.25) is 5.91 Å². The number of carbonyl (C=O) groups excluding carboxylic acids is 3. The first-order valence-corrected chi connectivity index (χ1v) is 6.96. The highest BCUT2D eigenvalue weighted by Gasteiger charge is 2.20. The highest BCUT2D eigenvalue weighted by molar-refractivity contribution is 5.91. The topological polar surface area (TPSA) is 81.7 Å². The van der Waals surface area contributed by atoms with Crippen molar-refractivity contribution in [3.05, 3.63) is 12.2 Å². The molecular formula is C15H25NO5. The molecule has 0 saturated carbocycles. The molecule has 120 valence electrons. The van der Waals surface area contributed by atoms with Crippen molar-refractivity contribution in [1.82, 2.24) is 5.32 Å². The van der Waals surface area contributed by atoms with Gasteiger partial charge in [0, 0.05) is 24.1 Å². The lowest BCUT2D eigenvalue weighted by Gasteiger charge is -2.17. The lowest BCUT2D eigenvalue weighted by atomic mass is 9.96. The Kier molecular flexibility index (Phi) is 8.35. The van der Waals surface area contributed by atoms with Gasteiger partial charge in [0.05, 0.1) is 12.7 Å². The molecule has 0 aliphatic carbocycles. The van der Waals surface area contributed by atoms with E-state index in [1.807, 2.05) is 20.8 Å². The molecule has 21 heavy (non-hydrogen) atoms. The molecule has 0 aliphatic heterocycles. The van der Waals surface area contributed by atoms with Crippen LogP contribution >= 0.6 is 0 Å². The highest BCUT2D eigenvalue weighted by atomic mass is 16.5. The molecule has 0 aliphatic rings. The van der Waals surface area contributed by atoms with Crippen LogP contribution in [0.5, 0.6) is 0 Å². The van der Waals surface area contributed by atoms with Crippen molar-refractivity contribution in [2.24, 2.45) is 5.41 Å². The summed E-state index contributed by atoms with van der Waals surface area (Å²) in [5.41, 5.74) is -0.434. The van der Waals surface area contributed by atoms with Gasteiger partial charge in [-0.1, -0.05) is 20.8 Å². The first-order chi connectivity index (χ1) is 9.62. The van der Waals surface area contributed by atoms with Crippen molar-refractivity contribution in [2.75, 3.05) is 13.2 Å². The number of carbonyl (C=O) groups is 3. The second kappa shape index (κ2) is 9.15. The van der Waals surface area contributed by atoms with Crippen molar-refractivity contribution in [3.63, 3.8) is 0 Å². The molecule has 6 nitrogen and oxygen atoms in total. The van der Waals surface area contributed by atoms with Gasteiger partial charge in [0.15, 0.2) is 0 Å². The molecule has 0 atom stereocenters. The zero-order chi connectivity index (χ0) is 16.5. The SMILES string of the molecule is CC(C)OC(=O)/C=C/C(=O)OCCCNC(=O)C(C)(C)C. The van der Waals surface area contributed by atoms with Crippen LogP contribution < -0.4 is 5.32 Å². The Bertz CT molecular complexity index is 393. The Morgan fingerprint density at radius 3 is 2.19 bits per heavy atom. The lowest BCUT2D eigenvalue weighted by molar-refractivity contribution is -0.142. The van der Waals surface area contributed by atoms with Gasteiger partial charge in [-0.2, -0.15) is 0 Å². The Balaban J connectivity index is 3.79. The molecule has 0 radical (unpaired) electrons. The maximum atomic E-state index is 11.5. The fourth-order valence-electron chi connectivity index (χ4n) is 1.17. The third-order valence-corrected chi connectivity index (χ3v) is 2.24. The molecular weight excluding hydrogens is 274 g/mol. The molecule has 0 heterocycles. The maximum Gasteiger partial charge on any atom is 0.331 e. The van der Waals surface area contributed by atoms with Crippen molar-refractivity contribution in [3.8, 4) is 0 Å². The Morgan fingerprint density at radius 2 is 1.67 bits per heavy atom. The zero-order valence-electron chi connectivity index (χ0n) is 13.4. The number of hydrogen-bond donors (Lipinski definition) is 1. The lowest BCUT2D eigenvalue weighted by Crippen LogP contribution is -2.35. The van der Waals surface area contributed by atoms with Crippen molar-refractivity contribution >= 4 is 17.8 Å². The van der Waals surface area contributed by atoms with Gasteiger partial charge in [-0.05, 0) is 20.3 Å².